The SMILES string of the molecule is NC1CCCC(NC2CC3CCC2O3)C1. The lowest BCUT2D eigenvalue weighted by Gasteiger charge is -2.32. The van der Waals surface area contributed by atoms with E-state index >= 15 is 0 Å². The minimum atomic E-state index is 0.427. The van der Waals surface area contributed by atoms with Gasteiger partial charge in [-0.3, -0.25) is 0 Å². The Hall–Kier alpha value is -0.120. The van der Waals surface area contributed by atoms with E-state index in [0.29, 0.717) is 30.3 Å². The summed E-state index contributed by atoms with van der Waals surface area (Å²) in [6.07, 6.45) is 9.82. The van der Waals surface area contributed by atoms with Crippen molar-refractivity contribution < 1.29 is 4.74 Å². The monoisotopic (exact) mass is 210 g/mol. The largest absolute Gasteiger partial charge is 0.373 e. The van der Waals surface area contributed by atoms with Crippen LogP contribution in [-0.2, 0) is 4.74 Å². The molecule has 0 amide bonds. The van der Waals surface area contributed by atoms with Crippen LogP contribution < -0.4 is 11.1 Å². The molecule has 3 fully saturated rings. The zero-order valence-corrected chi connectivity index (χ0v) is 9.32. The molecule has 86 valence electrons. The first-order chi connectivity index (χ1) is 7.31. The fourth-order valence-electron chi connectivity index (χ4n) is 3.49. The molecule has 3 rings (SSSR count). The van der Waals surface area contributed by atoms with Crippen LogP contribution in [0.15, 0.2) is 0 Å². The first kappa shape index (κ1) is 10.1. The Kier molecular flexibility index (Phi) is 2.71. The molecule has 0 aromatic rings. The average molecular weight is 210 g/mol. The van der Waals surface area contributed by atoms with Crippen LogP contribution in [-0.4, -0.2) is 30.3 Å². The van der Waals surface area contributed by atoms with Gasteiger partial charge < -0.3 is 15.8 Å². The van der Waals surface area contributed by atoms with Crippen molar-refractivity contribution in [1.29, 1.82) is 0 Å². The molecule has 1 saturated carbocycles. The number of hydrogen-bond donors (Lipinski definition) is 2. The Labute approximate surface area is 91.7 Å². The number of nitrogens with one attached hydrogen (secondary N) is 1. The predicted molar refractivity (Wildman–Crippen MR) is 59.7 cm³/mol. The van der Waals surface area contributed by atoms with Gasteiger partial charge in [-0.25, -0.2) is 0 Å². The van der Waals surface area contributed by atoms with E-state index in [-0.39, 0.29) is 0 Å². The molecule has 0 aromatic heterocycles. The van der Waals surface area contributed by atoms with E-state index in [1.165, 1.54) is 38.5 Å². The van der Waals surface area contributed by atoms with Gasteiger partial charge in [0, 0.05) is 18.1 Å². The number of rotatable bonds is 2. The molecule has 2 heterocycles. The zero-order chi connectivity index (χ0) is 10.3. The maximum Gasteiger partial charge on any atom is 0.0733 e. The summed E-state index contributed by atoms with van der Waals surface area (Å²) < 4.78 is 5.86. The molecule has 2 saturated heterocycles. The predicted octanol–water partition coefficient (Wildman–Crippen LogP) is 1.17. The summed E-state index contributed by atoms with van der Waals surface area (Å²) in [6.45, 7) is 0. The topological polar surface area (TPSA) is 47.3 Å². The van der Waals surface area contributed by atoms with Crippen molar-refractivity contribution >= 4 is 0 Å². The average Bonchev–Trinajstić information content (AvgIpc) is 2.79. The van der Waals surface area contributed by atoms with Crippen LogP contribution in [0.3, 0.4) is 0 Å². The van der Waals surface area contributed by atoms with Crippen LogP contribution in [0.2, 0.25) is 0 Å². The summed E-state index contributed by atoms with van der Waals surface area (Å²) in [5.74, 6) is 0. The quantitative estimate of drug-likeness (QED) is 0.719. The molecular formula is C12H22N2O. The highest BCUT2D eigenvalue weighted by molar-refractivity contribution is 4.96. The lowest BCUT2D eigenvalue weighted by atomic mass is 9.89. The minimum Gasteiger partial charge on any atom is -0.373 e. The van der Waals surface area contributed by atoms with Crippen LogP contribution in [0.5, 0.6) is 0 Å². The van der Waals surface area contributed by atoms with E-state index < -0.39 is 0 Å². The van der Waals surface area contributed by atoms with Gasteiger partial charge in [0.2, 0.25) is 0 Å². The van der Waals surface area contributed by atoms with E-state index in [0.717, 1.165) is 6.42 Å². The van der Waals surface area contributed by atoms with Crippen LogP contribution in [0.1, 0.15) is 44.9 Å². The molecule has 15 heavy (non-hydrogen) atoms. The summed E-state index contributed by atoms with van der Waals surface area (Å²) in [5.41, 5.74) is 6.00. The van der Waals surface area contributed by atoms with Crippen LogP contribution >= 0.6 is 0 Å². The van der Waals surface area contributed by atoms with E-state index in [2.05, 4.69) is 5.32 Å². The fraction of sp³-hybridized carbons (Fsp3) is 1.00. The van der Waals surface area contributed by atoms with Gasteiger partial charge in [-0.15, -0.1) is 0 Å². The zero-order valence-electron chi connectivity index (χ0n) is 9.32. The van der Waals surface area contributed by atoms with Crippen molar-refractivity contribution in [3.05, 3.63) is 0 Å². The number of fused-ring (bicyclic) bond motifs is 2. The van der Waals surface area contributed by atoms with Gasteiger partial charge in [0.1, 0.15) is 0 Å². The Bertz CT molecular complexity index is 234. The van der Waals surface area contributed by atoms with E-state index in [1.807, 2.05) is 0 Å². The highest BCUT2D eigenvalue weighted by atomic mass is 16.5. The standard InChI is InChI=1S/C12H22N2O/c13-8-2-1-3-9(6-8)14-11-7-10-4-5-12(11)15-10/h8-12,14H,1-7,13H2. The first-order valence-corrected chi connectivity index (χ1v) is 6.48. The summed E-state index contributed by atoms with van der Waals surface area (Å²) >= 11 is 0. The third-order valence-corrected chi connectivity index (χ3v) is 4.27. The molecule has 5 unspecified atom stereocenters. The Balaban J connectivity index is 1.52. The second-order valence-corrected chi connectivity index (χ2v) is 5.51. The van der Waals surface area contributed by atoms with Gasteiger partial charge in [0.25, 0.3) is 0 Å². The molecule has 5 atom stereocenters. The molecule has 3 aliphatic rings. The van der Waals surface area contributed by atoms with Crippen molar-refractivity contribution in [2.45, 2.75) is 75.3 Å². The first-order valence-electron chi connectivity index (χ1n) is 6.48. The minimum absolute atomic E-state index is 0.427. The molecule has 2 bridgehead atoms. The van der Waals surface area contributed by atoms with Gasteiger partial charge in [-0.05, 0) is 38.5 Å². The second-order valence-electron chi connectivity index (χ2n) is 5.51. The molecule has 0 aromatic carbocycles. The summed E-state index contributed by atoms with van der Waals surface area (Å²) in [4.78, 5) is 0. The smallest absolute Gasteiger partial charge is 0.0733 e. The summed E-state index contributed by atoms with van der Waals surface area (Å²) in [5, 5.41) is 3.77. The molecule has 3 nitrogen and oxygen atoms in total. The Morgan fingerprint density at radius 3 is 2.67 bits per heavy atom. The summed E-state index contributed by atoms with van der Waals surface area (Å²) in [6, 6.07) is 1.71. The molecule has 3 heteroatoms. The lowest BCUT2D eigenvalue weighted by Crippen LogP contribution is -2.47. The van der Waals surface area contributed by atoms with E-state index in [1.54, 1.807) is 0 Å². The van der Waals surface area contributed by atoms with Crippen molar-refractivity contribution in [2.75, 3.05) is 0 Å². The highest BCUT2D eigenvalue weighted by Gasteiger charge is 2.41. The summed E-state index contributed by atoms with van der Waals surface area (Å²) in [7, 11) is 0. The third kappa shape index (κ3) is 2.05. The van der Waals surface area contributed by atoms with Crippen molar-refractivity contribution in [2.24, 2.45) is 5.73 Å². The van der Waals surface area contributed by atoms with E-state index in [9.17, 15) is 0 Å². The Morgan fingerprint density at radius 1 is 1.07 bits per heavy atom. The van der Waals surface area contributed by atoms with Gasteiger partial charge in [-0.1, -0.05) is 6.42 Å². The molecule has 1 aliphatic carbocycles. The lowest BCUT2D eigenvalue weighted by molar-refractivity contribution is 0.0948. The van der Waals surface area contributed by atoms with Crippen molar-refractivity contribution in [3.63, 3.8) is 0 Å². The third-order valence-electron chi connectivity index (χ3n) is 4.27. The maximum atomic E-state index is 6.00. The van der Waals surface area contributed by atoms with Crippen molar-refractivity contribution in [1.82, 2.24) is 5.32 Å². The molecule has 3 N–H and O–H groups in total. The van der Waals surface area contributed by atoms with Crippen LogP contribution in [0.4, 0.5) is 0 Å². The molecule has 2 aliphatic heterocycles. The molecule has 0 radical (unpaired) electrons. The second kappa shape index (κ2) is 4.04. The van der Waals surface area contributed by atoms with Gasteiger partial charge in [-0.2, -0.15) is 0 Å². The molecular weight excluding hydrogens is 188 g/mol. The van der Waals surface area contributed by atoms with Gasteiger partial charge in [0.05, 0.1) is 12.2 Å². The van der Waals surface area contributed by atoms with Crippen molar-refractivity contribution in [3.8, 4) is 0 Å². The molecule has 0 spiro atoms. The van der Waals surface area contributed by atoms with Gasteiger partial charge in [0.15, 0.2) is 0 Å². The normalized spacial score (nSPS) is 49.8. The number of nitrogens with two attached hydrogens (primary N) is 1. The van der Waals surface area contributed by atoms with Crippen LogP contribution in [0, 0.1) is 0 Å². The van der Waals surface area contributed by atoms with Gasteiger partial charge >= 0.3 is 0 Å². The maximum absolute atomic E-state index is 6.00. The number of ether oxygens (including phenoxy) is 1. The fourth-order valence-corrected chi connectivity index (χ4v) is 3.49. The highest BCUT2D eigenvalue weighted by Crippen LogP contribution is 2.35. The Morgan fingerprint density at radius 2 is 2.00 bits per heavy atom. The van der Waals surface area contributed by atoms with E-state index in [4.69, 9.17) is 10.5 Å². The van der Waals surface area contributed by atoms with Crippen LogP contribution in [0.25, 0.3) is 0 Å². The number of hydrogen-bond acceptors (Lipinski definition) is 3.